The van der Waals surface area contributed by atoms with Crippen molar-refractivity contribution in [3.05, 3.63) is 23.9 Å². The number of aromatic nitrogens is 1. The Morgan fingerprint density at radius 1 is 1.50 bits per heavy atom. The fourth-order valence-electron chi connectivity index (χ4n) is 2.16. The van der Waals surface area contributed by atoms with E-state index in [1.165, 1.54) is 24.9 Å². The Hall–Kier alpha value is -1.87. The summed E-state index contributed by atoms with van der Waals surface area (Å²) in [5, 5.41) is 14.0. The molecule has 0 saturated carbocycles. The van der Waals surface area contributed by atoms with Gasteiger partial charge in [0.15, 0.2) is 0 Å². The van der Waals surface area contributed by atoms with Gasteiger partial charge in [0.05, 0.1) is 7.11 Å². The summed E-state index contributed by atoms with van der Waals surface area (Å²) < 4.78 is 36.8. The van der Waals surface area contributed by atoms with Crippen LogP contribution in [-0.2, 0) is 11.3 Å². The van der Waals surface area contributed by atoms with Gasteiger partial charge in [0, 0.05) is 18.8 Å². The zero-order valence-corrected chi connectivity index (χ0v) is 13.4. The highest BCUT2D eigenvalue weighted by Gasteiger charge is 2.38. The van der Waals surface area contributed by atoms with E-state index in [1.807, 2.05) is 12.3 Å². The van der Waals surface area contributed by atoms with E-state index >= 15 is 0 Å². The Labute approximate surface area is 138 Å². The molecular formula is C15H22F3N3O3. The predicted octanol–water partition coefficient (Wildman–Crippen LogP) is 1.81. The number of rotatable bonds is 5. The topological polar surface area (TPSA) is 83.5 Å². The minimum absolute atomic E-state index is 0.672. The van der Waals surface area contributed by atoms with Crippen LogP contribution in [0, 0.1) is 5.92 Å². The number of hydrogen-bond donors (Lipinski definition) is 3. The van der Waals surface area contributed by atoms with E-state index < -0.39 is 12.1 Å². The maximum absolute atomic E-state index is 10.6. The lowest BCUT2D eigenvalue weighted by molar-refractivity contribution is -0.192. The highest BCUT2D eigenvalue weighted by atomic mass is 19.4. The lowest BCUT2D eigenvalue weighted by Crippen LogP contribution is -2.35. The van der Waals surface area contributed by atoms with E-state index in [4.69, 9.17) is 14.6 Å². The maximum Gasteiger partial charge on any atom is 0.490 e. The largest absolute Gasteiger partial charge is 0.490 e. The summed E-state index contributed by atoms with van der Waals surface area (Å²) in [6.45, 7) is 4.29. The molecule has 0 spiro atoms. The van der Waals surface area contributed by atoms with E-state index in [2.05, 4.69) is 21.7 Å². The first-order valence-corrected chi connectivity index (χ1v) is 7.53. The molecule has 0 aromatic carbocycles. The van der Waals surface area contributed by atoms with Crippen LogP contribution in [-0.4, -0.2) is 49.0 Å². The minimum atomic E-state index is -5.08. The molecule has 0 bridgehead atoms. The van der Waals surface area contributed by atoms with Gasteiger partial charge in [0.25, 0.3) is 0 Å². The van der Waals surface area contributed by atoms with Crippen molar-refractivity contribution in [1.82, 2.24) is 15.6 Å². The van der Waals surface area contributed by atoms with Crippen molar-refractivity contribution in [3.8, 4) is 5.88 Å². The van der Waals surface area contributed by atoms with Gasteiger partial charge in [-0.2, -0.15) is 13.2 Å². The molecule has 1 aromatic heterocycles. The Bertz CT molecular complexity index is 489. The van der Waals surface area contributed by atoms with Crippen LogP contribution in [0.1, 0.15) is 18.4 Å². The Kier molecular flexibility index (Phi) is 8.48. The fourth-order valence-corrected chi connectivity index (χ4v) is 2.16. The van der Waals surface area contributed by atoms with Gasteiger partial charge in [-0.05, 0) is 44.0 Å². The number of carbonyl (C=O) groups is 1. The van der Waals surface area contributed by atoms with Crippen LogP contribution >= 0.6 is 0 Å². The second-order valence-electron chi connectivity index (χ2n) is 5.35. The zero-order valence-electron chi connectivity index (χ0n) is 13.4. The molecule has 0 amide bonds. The quantitative estimate of drug-likeness (QED) is 0.752. The normalized spacial score (nSPS) is 17.6. The third-order valence-corrected chi connectivity index (χ3v) is 3.41. The van der Waals surface area contributed by atoms with Crippen molar-refractivity contribution in [2.45, 2.75) is 25.6 Å². The van der Waals surface area contributed by atoms with Crippen LogP contribution < -0.4 is 15.4 Å². The van der Waals surface area contributed by atoms with Crippen LogP contribution in [0.2, 0.25) is 0 Å². The monoisotopic (exact) mass is 349 g/mol. The molecule has 0 radical (unpaired) electrons. The lowest BCUT2D eigenvalue weighted by atomic mass is 10.00. The summed E-state index contributed by atoms with van der Waals surface area (Å²) in [6, 6.07) is 3.96. The molecule has 1 fully saturated rings. The van der Waals surface area contributed by atoms with E-state index in [1.54, 1.807) is 7.11 Å². The third kappa shape index (κ3) is 8.11. The van der Waals surface area contributed by atoms with E-state index in [-0.39, 0.29) is 0 Å². The number of hydrogen-bond acceptors (Lipinski definition) is 5. The van der Waals surface area contributed by atoms with Gasteiger partial charge in [-0.3, -0.25) is 0 Å². The first-order valence-electron chi connectivity index (χ1n) is 7.53. The van der Waals surface area contributed by atoms with Crippen molar-refractivity contribution in [2.75, 3.05) is 26.7 Å². The fraction of sp³-hybridized carbons (Fsp3) is 0.600. The van der Waals surface area contributed by atoms with Gasteiger partial charge in [0.1, 0.15) is 0 Å². The van der Waals surface area contributed by atoms with Crippen LogP contribution in [0.3, 0.4) is 0 Å². The number of ether oxygens (including phenoxy) is 1. The van der Waals surface area contributed by atoms with Crippen molar-refractivity contribution >= 4 is 5.97 Å². The average molecular weight is 349 g/mol. The molecular weight excluding hydrogens is 327 g/mol. The molecule has 1 aromatic rings. The van der Waals surface area contributed by atoms with Gasteiger partial charge >= 0.3 is 12.1 Å². The third-order valence-electron chi connectivity index (χ3n) is 3.41. The van der Waals surface area contributed by atoms with E-state index in [0.717, 1.165) is 25.6 Å². The standard InChI is InChI=1S/C13H21N3O.C2HF3O2/c1-17-13-5-4-12(10-16-13)9-15-8-11-3-2-6-14-7-11;3-2(4,5)1(6)7/h4-5,10-11,14-15H,2-3,6-9H2,1H3;(H,6,7)/t11-;/m1./s1. The van der Waals surface area contributed by atoms with Gasteiger partial charge < -0.3 is 20.5 Å². The number of methoxy groups -OCH3 is 1. The Morgan fingerprint density at radius 3 is 2.67 bits per heavy atom. The number of nitrogens with zero attached hydrogens (tertiary/aromatic N) is 1. The van der Waals surface area contributed by atoms with Gasteiger partial charge in [-0.25, -0.2) is 9.78 Å². The number of carboxylic acid groups (broad SMARTS) is 1. The van der Waals surface area contributed by atoms with E-state index in [9.17, 15) is 13.2 Å². The predicted molar refractivity (Wildman–Crippen MR) is 81.8 cm³/mol. The van der Waals surface area contributed by atoms with Gasteiger partial charge in [-0.15, -0.1) is 0 Å². The minimum Gasteiger partial charge on any atom is -0.481 e. The average Bonchev–Trinajstić information content (AvgIpc) is 2.56. The van der Waals surface area contributed by atoms with Crippen molar-refractivity contribution < 1.29 is 27.8 Å². The first kappa shape index (κ1) is 20.2. The summed E-state index contributed by atoms with van der Waals surface area (Å²) in [7, 11) is 1.64. The number of halogens is 3. The van der Waals surface area contributed by atoms with Crippen LogP contribution in [0.15, 0.2) is 18.3 Å². The molecule has 0 aliphatic carbocycles. The number of piperidine rings is 1. The molecule has 1 saturated heterocycles. The van der Waals surface area contributed by atoms with Crippen molar-refractivity contribution in [3.63, 3.8) is 0 Å². The number of carboxylic acids is 1. The number of nitrogens with one attached hydrogen (secondary N) is 2. The first-order chi connectivity index (χ1) is 11.3. The molecule has 3 N–H and O–H groups in total. The number of alkyl halides is 3. The molecule has 6 nitrogen and oxygen atoms in total. The second-order valence-corrected chi connectivity index (χ2v) is 5.35. The SMILES string of the molecule is COc1ccc(CNC[C@@H]2CCCNC2)cn1.O=C(O)C(F)(F)F. The van der Waals surface area contributed by atoms with Crippen molar-refractivity contribution in [2.24, 2.45) is 5.92 Å². The molecule has 1 atom stereocenters. The van der Waals surface area contributed by atoms with Crippen LogP contribution in [0.5, 0.6) is 5.88 Å². The maximum atomic E-state index is 10.6. The van der Waals surface area contributed by atoms with Crippen LogP contribution in [0.25, 0.3) is 0 Å². The molecule has 9 heteroatoms. The van der Waals surface area contributed by atoms with E-state index in [0.29, 0.717) is 5.88 Å². The molecule has 0 unspecified atom stereocenters. The molecule has 24 heavy (non-hydrogen) atoms. The number of pyridine rings is 1. The second kappa shape index (κ2) is 10.1. The smallest absolute Gasteiger partial charge is 0.481 e. The van der Waals surface area contributed by atoms with Gasteiger partial charge in [0.2, 0.25) is 5.88 Å². The van der Waals surface area contributed by atoms with Gasteiger partial charge in [-0.1, -0.05) is 6.07 Å². The van der Waals surface area contributed by atoms with Crippen molar-refractivity contribution in [1.29, 1.82) is 0 Å². The molecule has 2 heterocycles. The summed E-state index contributed by atoms with van der Waals surface area (Å²) >= 11 is 0. The summed E-state index contributed by atoms with van der Waals surface area (Å²) in [5.74, 6) is -1.31. The number of aliphatic carboxylic acids is 1. The molecule has 1 aliphatic rings. The highest BCUT2D eigenvalue weighted by Crippen LogP contribution is 2.13. The van der Waals surface area contributed by atoms with Crippen LogP contribution in [0.4, 0.5) is 13.2 Å². The highest BCUT2D eigenvalue weighted by molar-refractivity contribution is 5.73. The lowest BCUT2D eigenvalue weighted by Gasteiger charge is -2.22. The molecule has 136 valence electrons. The summed E-state index contributed by atoms with van der Waals surface area (Å²) in [6.07, 6.45) is -0.581. The summed E-state index contributed by atoms with van der Waals surface area (Å²) in [5.41, 5.74) is 1.20. The molecule has 2 rings (SSSR count). The Balaban J connectivity index is 0.000000351. The summed E-state index contributed by atoms with van der Waals surface area (Å²) in [4.78, 5) is 13.1. The Morgan fingerprint density at radius 2 is 2.21 bits per heavy atom. The zero-order chi connectivity index (χ0) is 18.0. The molecule has 1 aliphatic heterocycles.